The molecule has 0 bridgehead atoms. The molecule has 2 aliphatic rings. The molecular weight excluding hydrogens is 436 g/mol. The molecule has 0 aromatic heterocycles. The van der Waals surface area contributed by atoms with E-state index >= 15 is 0 Å². The lowest BCUT2D eigenvalue weighted by atomic mass is 9.71. The quantitative estimate of drug-likeness (QED) is 0.489. The Balaban J connectivity index is 1.76. The van der Waals surface area contributed by atoms with Crippen LogP contribution in [0.3, 0.4) is 0 Å². The van der Waals surface area contributed by atoms with Crippen LogP contribution in [0.2, 0.25) is 0 Å². The number of benzene rings is 2. The number of esters is 1. The van der Waals surface area contributed by atoms with E-state index in [1.165, 1.54) is 5.56 Å². The summed E-state index contributed by atoms with van der Waals surface area (Å²) in [6.45, 7) is 10.4. The number of anilines is 1. The van der Waals surface area contributed by atoms with Gasteiger partial charge in [-0.2, -0.15) is 0 Å². The van der Waals surface area contributed by atoms with Crippen LogP contribution in [0.4, 0.5) is 5.69 Å². The van der Waals surface area contributed by atoms with Gasteiger partial charge in [0.15, 0.2) is 5.78 Å². The van der Waals surface area contributed by atoms with Gasteiger partial charge < -0.3 is 15.0 Å². The first-order valence-electron chi connectivity index (χ1n) is 12.8. The Morgan fingerprint density at radius 1 is 0.971 bits per heavy atom. The van der Waals surface area contributed by atoms with Crippen molar-refractivity contribution in [3.63, 3.8) is 0 Å². The van der Waals surface area contributed by atoms with Gasteiger partial charge in [-0.1, -0.05) is 49.4 Å². The SMILES string of the molecule is CCCOC(=O)C1=C(C)NC2=C(C(=O)C[C@H](c3ccccc3)C2)[C@@H]1c1ccc(N(CC)CC)cc1. The molecular formula is C30H36N2O3. The molecule has 0 radical (unpaired) electrons. The number of ketones is 1. The molecule has 0 spiro atoms. The Morgan fingerprint density at radius 2 is 1.66 bits per heavy atom. The highest BCUT2D eigenvalue weighted by Crippen LogP contribution is 2.45. The molecule has 2 atom stereocenters. The van der Waals surface area contributed by atoms with Crippen LogP contribution in [-0.4, -0.2) is 31.4 Å². The molecule has 35 heavy (non-hydrogen) atoms. The molecule has 1 heterocycles. The average molecular weight is 473 g/mol. The molecule has 0 saturated carbocycles. The molecule has 0 fully saturated rings. The minimum atomic E-state index is -0.425. The highest BCUT2D eigenvalue weighted by molar-refractivity contribution is 6.04. The summed E-state index contributed by atoms with van der Waals surface area (Å²) < 4.78 is 5.58. The minimum absolute atomic E-state index is 0.0960. The van der Waals surface area contributed by atoms with Gasteiger partial charge in [-0.3, -0.25) is 4.79 Å². The monoisotopic (exact) mass is 472 g/mol. The number of hydrogen-bond acceptors (Lipinski definition) is 5. The summed E-state index contributed by atoms with van der Waals surface area (Å²) >= 11 is 0. The third-order valence-electron chi connectivity index (χ3n) is 7.11. The van der Waals surface area contributed by atoms with Gasteiger partial charge in [0.05, 0.1) is 12.2 Å². The molecule has 1 aliphatic heterocycles. The molecule has 2 aromatic carbocycles. The zero-order valence-electron chi connectivity index (χ0n) is 21.3. The smallest absolute Gasteiger partial charge is 0.336 e. The van der Waals surface area contributed by atoms with E-state index in [1.54, 1.807) is 0 Å². The van der Waals surface area contributed by atoms with Gasteiger partial charge in [0.1, 0.15) is 0 Å². The molecule has 0 saturated heterocycles. The van der Waals surface area contributed by atoms with Crippen molar-refractivity contribution < 1.29 is 14.3 Å². The van der Waals surface area contributed by atoms with E-state index in [0.29, 0.717) is 24.2 Å². The van der Waals surface area contributed by atoms with Gasteiger partial charge in [0, 0.05) is 48.1 Å². The Kier molecular flexibility index (Phi) is 7.74. The van der Waals surface area contributed by atoms with Crippen LogP contribution in [0.5, 0.6) is 0 Å². The number of dihydropyridines is 1. The summed E-state index contributed by atoms with van der Waals surface area (Å²) in [5, 5.41) is 3.43. The number of carbonyl (C=O) groups is 2. The molecule has 2 aromatic rings. The zero-order valence-corrected chi connectivity index (χ0v) is 21.3. The van der Waals surface area contributed by atoms with Crippen LogP contribution < -0.4 is 10.2 Å². The standard InChI is InChI=1S/C30H36N2O3/c1-5-17-35-30(34)27-20(4)31-25-18-23(21-11-9-8-10-12-21)19-26(33)29(25)28(27)22-13-15-24(16-14-22)32(6-2)7-3/h8-16,23,28,31H,5-7,17-19H2,1-4H3/t23-,28-/m1/s1. The van der Waals surface area contributed by atoms with E-state index in [0.717, 1.165) is 48.6 Å². The van der Waals surface area contributed by atoms with E-state index in [-0.39, 0.29) is 17.7 Å². The third-order valence-corrected chi connectivity index (χ3v) is 7.11. The maximum atomic E-state index is 13.7. The van der Waals surface area contributed by atoms with Crippen LogP contribution in [0, 0.1) is 0 Å². The molecule has 5 heteroatoms. The molecule has 1 aliphatic carbocycles. The van der Waals surface area contributed by atoms with Gasteiger partial charge >= 0.3 is 5.97 Å². The second-order valence-corrected chi connectivity index (χ2v) is 9.33. The van der Waals surface area contributed by atoms with Crippen molar-refractivity contribution in [2.45, 2.75) is 58.8 Å². The lowest BCUT2D eigenvalue weighted by Crippen LogP contribution is -2.36. The normalized spacial score (nSPS) is 19.8. The molecule has 4 rings (SSSR count). The van der Waals surface area contributed by atoms with Gasteiger partial charge in [-0.05, 0) is 62.8 Å². The summed E-state index contributed by atoms with van der Waals surface area (Å²) in [6.07, 6.45) is 1.93. The number of Topliss-reactive ketones (excluding diaryl/α,β-unsaturated/α-hetero) is 1. The van der Waals surface area contributed by atoms with Gasteiger partial charge in [0.25, 0.3) is 0 Å². The van der Waals surface area contributed by atoms with Crippen molar-refractivity contribution in [2.24, 2.45) is 0 Å². The maximum Gasteiger partial charge on any atom is 0.336 e. The van der Waals surface area contributed by atoms with Crippen molar-refractivity contribution in [2.75, 3.05) is 24.6 Å². The van der Waals surface area contributed by atoms with E-state index < -0.39 is 5.92 Å². The second kappa shape index (κ2) is 10.9. The Hall–Kier alpha value is -3.34. The van der Waals surface area contributed by atoms with Crippen molar-refractivity contribution in [3.8, 4) is 0 Å². The Morgan fingerprint density at radius 3 is 2.29 bits per heavy atom. The van der Waals surface area contributed by atoms with Gasteiger partial charge in [-0.15, -0.1) is 0 Å². The Bertz CT molecular complexity index is 1130. The van der Waals surface area contributed by atoms with Crippen LogP contribution in [0.25, 0.3) is 0 Å². The first kappa shape index (κ1) is 24.8. The number of nitrogens with one attached hydrogen (secondary N) is 1. The highest BCUT2D eigenvalue weighted by Gasteiger charge is 2.41. The zero-order chi connectivity index (χ0) is 24.9. The van der Waals surface area contributed by atoms with Crippen LogP contribution >= 0.6 is 0 Å². The summed E-state index contributed by atoms with van der Waals surface area (Å²) in [4.78, 5) is 29.2. The predicted octanol–water partition coefficient (Wildman–Crippen LogP) is 5.85. The van der Waals surface area contributed by atoms with Crippen molar-refractivity contribution in [1.29, 1.82) is 0 Å². The van der Waals surface area contributed by atoms with E-state index in [4.69, 9.17) is 4.74 Å². The third kappa shape index (κ3) is 5.04. The van der Waals surface area contributed by atoms with Crippen LogP contribution in [0.15, 0.2) is 77.1 Å². The van der Waals surface area contributed by atoms with Crippen LogP contribution in [-0.2, 0) is 14.3 Å². The first-order valence-corrected chi connectivity index (χ1v) is 12.8. The number of ether oxygens (including phenoxy) is 1. The topological polar surface area (TPSA) is 58.6 Å². The number of hydrogen-bond donors (Lipinski definition) is 1. The summed E-state index contributed by atoms with van der Waals surface area (Å²) in [7, 11) is 0. The minimum Gasteiger partial charge on any atom is -0.462 e. The fourth-order valence-electron chi connectivity index (χ4n) is 5.34. The van der Waals surface area contributed by atoms with E-state index in [2.05, 4.69) is 60.5 Å². The lowest BCUT2D eigenvalue weighted by molar-refractivity contribution is -0.139. The maximum absolute atomic E-state index is 13.7. The molecule has 0 unspecified atom stereocenters. The molecule has 0 amide bonds. The highest BCUT2D eigenvalue weighted by atomic mass is 16.5. The fourth-order valence-corrected chi connectivity index (χ4v) is 5.34. The number of carbonyl (C=O) groups excluding carboxylic acids is 2. The summed E-state index contributed by atoms with van der Waals surface area (Å²) in [5.74, 6) is -0.550. The number of rotatable bonds is 8. The van der Waals surface area contributed by atoms with Crippen molar-refractivity contribution in [3.05, 3.63) is 88.3 Å². The van der Waals surface area contributed by atoms with E-state index in [1.807, 2.05) is 32.0 Å². The molecule has 1 N–H and O–H groups in total. The summed E-state index contributed by atoms with van der Waals surface area (Å²) in [5.41, 5.74) is 6.20. The van der Waals surface area contributed by atoms with E-state index in [9.17, 15) is 9.59 Å². The van der Waals surface area contributed by atoms with Crippen molar-refractivity contribution in [1.82, 2.24) is 5.32 Å². The second-order valence-electron chi connectivity index (χ2n) is 9.33. The molecule has 5 nitrogen and oxygen atoms in total. The molecule has 184 valence electrons. The number of allylic oxidation sites excluding steroid dienone is 3. The number of nitrogens with zero attached hydrogens (tertiary/aromatic N) is 1. The van der Waals surface area contributed by atoms with Crippen LogP contribution in [0.1, 0.15) is 69.9 Å². The fraction of sp³-hybridized carbons (Fsp3) is 0.400. The first-order chi connectivity index (χ1) is 17.0. The largest absolute Gasteiger partial charge is 0.462 e. The average Bonchev–Trinajstić information content (AvgIpc) is 2.88. The van der Waals surface area contributed by atoms with Crippen molar-refractivity contribution >= 4 is 17.4 Å². The van der Waals surface area contributed by atoms with Gasteiger partial charge in [0.2, 0.25) is 0 Å². The predicted molar refractivity (Wildman–Crippen MR) is 140 cm³/mol. The Labute approximate surface area is 208 Å². The van der Waals surface area contributed by atoms with Gasteiger partial charge in [-0.25, -0.2) is 4.79 Å². The lowest BCUT2D eigenvalue weighted by Gasteiger charge is -2.37. The summed E-state index contributed by atoms with van der Waals surface area (Å²) in [6, 6.07) is 18.5.